The predicted octanol–water partition coefficient (Wildman–Crippen LogP) is 4.50. The zero-order valence-electron chi connectivity index (χ0n) is 17.6. The molecular weight excluding hydrogens is 408 g/mol. The van der Waals surface area contributed by atoms with Crippen LogP contribution < -0.4 is 0 Å². The minimum Gasteiger partial charge on any atom is -0.394 e. The van der Waals surface area contributed by atoms with E-state index in [1.165, 1.54) is 26.4 Å². The number of aliphatic hydroxyl groups is 3. The summed E-state index contributed by atoms with van der Waals surface area (Å²) in [5, 5.41) is 29.6. The quantitative estimate of drug-likeness (QED) is 0.532. The number of ether oxygens (including phenoxy) is 1. The SMILES string of the molecule is C=Cc1ccc(-c2ccc(Cc3cc(C4CC(O)[C@H](O)C(CO)O4)ccc3C)s2)cc1. The molecule has 31 heavy (non-hydrogen) atoms. The summed E-state index contributed by atoms with van der Waals surface area (Å²) < 4.78 is 5.87. The Hall–Kier alpha value is -2.28. The summed E-state index contributed by atoms with van der Waals surface area (Å²) >= 11 is 1.79. The maximum absolute atomic E-state index is 10.2. The number of aryl methyl sites for hydroxylation is 1. The summed E-state index contributed by atoms with van der Waals surface area (Å²) in [4.78, 5) is 2.51. The summed E-state index contributed by atoms with van der Waals surface area (Å²) in [6, 6.07) is 18.9. The van der Waals surface area contributed by atoms with Gasteiger partial charge in [0.15, 0.2) is 0 Å². The van der Waals surface area contributed by atoms with Crippen molar-refractivity contribution in [2.45, 2.75) is 44.2 Å². The second-order valence-electron chi connectivity index (χ2n) is 8.09. The van der Waals surface area contributed by atoms with E-state index in [0.717, 1.165) is 17.5 Å². The molecule has 0 radical (unpaired) electrons. The van der Waals surface area contributed by atoms with Crippen LogP contribution in [0.5, 0.6) is 0 Å². The molecule has 0 saturated carbocycles. The van der Waals surface area contributed by atoms with Crippen LogP contribution in [0.15, 0.2) is 61.2 Å². The van der Waals surface area contributed by atoms with Gasteiger partial charge in [0.2, 0.25) is 0 Å². The minimum absolute atomic E-state index is 0.310. The third-order valence-electron chi connectivity index (χ3n) is 5.95. The van der Waals surface area contributed by atoms with Crippen molar-refractivity contribution in [3.8, 4) is 10.4 Å². The van der Waals surface area contributed by atoms with E-state index >= 15 is 0 Å². The molecule has 1 aliphatic rings. The molecule has 0 aliphatic carbocycles. The molecule has 0 spiro atoms. The molecule has 0 bridgehead atoms. The first kappa shape index (κ1) is 21.9. The standard InChI is InChI=1S/C26H28O4S/c1-3-17-5-8-18(9-6-17)25-11-10-21(31-25)13-20-12-19(7-4-16(20)2)23-14-22(28)26(29)24(15-27)30-23/h3-12,22-24,26-29H,1,13-15H2,2H3/t22?,23?,24?,26-/m0/s1. The molecule has 162 valence electrons. The van der Waals surface area contributed by atoms with Gasteiger partial charge in [0.1, 0.15) is 12.2 Å². The molecular formula is C26H28O4S. The second-order valence-corrected chi connectivity index (χ2v) is 9.26. The fourth-order valence-electron chi connectivity index (χ4n) is 4.00. The van der Waals surface area contributed by atoms with E-state index in [4.69, 9.17) is 4.74 Å². The topological polar surface area (TPSA) is 69.9 Å². The number of rotatable bonds is 6. The first-order valence-corrected chi connectivity index (χ1v) is 11.3. The monoisotopic (exact) mass is 436 g/mol. The number of thiophene rings is 1. The zero-order valence-corrected chi connectivity index (χ0v) is 18.4. The minimum atomic E-state index is -1.06. The number of hydrogen-bond donors (Lipinski definition) is 3. The third-order valence-corrected chi connectivity index (χ3v) is 7.09. The molecule has 4 atom stereocenters. The Morgan fingerprint density at radius 2 is 1.87 bits per heavy atom. The molecule has 3 aromatic rings. The number of aliphatic hydroxyl groups excluding tert-OH is 3. The predicted molar refractivity (Wildman–Crippen MR) is 125 cm³/mol. The van der Waals surface area contributed by atoms with Crippen molar-refractivity contribution < 1.29 is 20.1 Å². The average molecular weight is 437 g/mol. The van der Waals surface area contributed by atoms with Gasteiger partial charge in [0, 0.05) is 22.6 Å². The molecule has 2 heterocycles. The van der Waals surface area contributed by atoms with E-state index in [1.807, 2.05) is 12.1 Å². The Morgan fingerprint density at radius 3 is 2.58 bits per heavy atom. The molecule has 3 N–H and O–H groups in total. The number of hydrogen-bond acceptors (Lipinski definition) is 5. The Bertz CT molecular complexity index is 1040. The fourth-order valence-corrected chi connectivity index (χ4v) is 5.04. The van der Waals surface area contributed by atoms with Crippen LogP contribution in [0.1, 0.15) is 39.7 Å². The number of benzene rings is 2. The van der Waals surface area contributed by atoms with E-state index in [9.17, 15) is 15.3 Å². The van der Waals surface area contributed by atoms with Crippen molar-refractivity contribution in [1.29, 1.82) is 0 Å². The molecule has 1 saturated heterocycles. The van der Waals surface area contributed by atoms with Gasteiger partial charge in [-0.15, -0.1) is 11.3 Å². The van der Waals surface area contributed by atoms with Gasteiger partial charge < -0.3 is 20.1 Å². The van der Waals surface area contributed by atoms with Crippen molar-refractivity contribution in [2.24, 2.45) is 0 Å². The molecule has 0 amide bonds. The molecule has 2 aromatic carbocycles. The highest BCUT2D eigenvalue weighted by atomic mass is 32.1. The lowest BCUT2D eigenvalue weighted by atomic mass is 9.92. The average Bonchev–Trinajstić information content (AvgIpc) is 3.25. The summed E-state index contributed by atoms with van der Waals surface area (Å²) in [6.45, 7) is 5.58. The van der Waals surface area contributed by atoms with Gasteiger partial charge >= 0.3 is 0 Å². The van der Waals surface area contributed by atoms with E-state index in [-0.39, 0.29) is 12.7 Å². The van der Waals surface area contributed by atoms with Crippen LogP contribution in [-0.2, 0) is 11.2 Å². The maximum atomic E-state index is 10.2. The van der Waals surface area contributed by atoms with E-state index in [2.05, 4.69) is 62.0 Å². The molecule has 4 nitrogen and oxygen atoms in total. The van der Waals surface area contributed by atoms with Crippen LogP contribution in [0.4, 0.5) is 0 Å². The molecule has 1 aliphatic heterocycles. The second kappa shape index (κ2) is 9.47. The van der Waals surface area contributed by atoms with Crippen LogP contribution in [-0.4, -0.2) is 40.2 Å². The lowest BCUT2D eigenvalue weighted by molar-refractivity contribution is -0.181. The van der Waals surface area contributed by atoms with E-state index < -0.39 is 18.3 Å². The molecule has 3 unspecified atom stereocenters. The van der Waals surface area contributed by atoms with Gasteiger partial charge in [-0.3, -0.25) is 0 Å². The Morgan fingerprint density at radius 1 is 1.10 bits per heavy atom. The lowest BCUT2D eigenvalue weighted by Gasteiger charge is -2.36. The highest BCUT2D eigenvalue weighted by Crippen LogP contribution is 2.34. The Balaban J connectivity index is 1.53. The van der Waals surface area contributed by atoms with Crippen LogP contribution in [0.25, 0.3) is 16.5 Å². The van der Waals surface area contributed by atoms with Gasteiger partial charge in [-0.2, -0.15) is 0 Å². The summed E-state index contributed by atoms with van der Waals surface area (Å²) in [5.74, 6) is 0. The van der Waals surface area contributed by atoms with E-state index in [1.54, 1.807) is 11.3 Å². The van der Waals surface area contributed by atoms with Gasteiger partial charge in [-0.1, -0.05) is 55.1 Å². The van der Waals surface area contributed by atoms with Crippen LogP contribution in [0.2, 0.25) is 0 Å². The van der Waals surface area contributed by atoms with Crippen molar-refractivity contribution in [3.63, 3.8) is 0 Å². The van der Waals surface area contributed by atoms with Crippen molar-refractivity contribution >= 4 is 17.4 Å². The van der Waals surface area contributed by atoms with Gasteiger partial charge in [0.05, 0.1) is 18.8 Å². The largest absolute Gasteiger partial charge is 0.394 e. The molecule has 1 aromatic heterocycles. The first-order valence-electron chi connectivity index (χ1n) is 10.5. The Labute approximate surface area is 187 Å². The Kier molecular flexibility index (Phi) is 6.70. The molecule has 5 heteroatoms. The highest BCUT2D eigenvalue weighted by Gasteiger charge is 2.37. The van der Waals surface area contributed by atoms with Gasteiger partial charge in [-0.05, 0) is 46.9 Å². The summed E-state index contributed by atoms with van der Waals surface area (Å²) in [5.41, 5.74) is 5.67. The highest BCUT2D eigenvalue weighted by molar-refractivity contribution is 7.15. The van der Waals surface area contributed by atoms with Crippen molar-refractivity contribution in [3.05, 3.63) is 88.3 Å². The smallest absolute Gasteiger partial charge is 0.110 e. The first-order chi connectivity index (χ1) is 15.0. The van der Waals surface area contributed by atoms with Gasteiger partial charge in [0.25, 0.3) is 0 Å². The summed E-state index contributed by atoms with van der Waals surface area (Å²) in [6.07, 6.45) is -0.120. The fraction of sp³-hybridized carbons (Fsp3) is 0.308. The maximum Gasteiger partial charge on any atom is 0.110 e. The van der Waals surface area contributed by atoms with Crippen molar-refractivity contribution in [2.75, 3.05) is 6.61 Å². The summed E-state index contributed by atoms with van der Waals surface area (Å²) in [7, 11) is 0. The third kappa shape index (κ3) is 4.81. The van der Waals surface area contributed by atoms with Crippen molar-refractivity contribution in [1.82, 2.24) is 0 Å². The zero-order chi connectivity index (χ0) is 22.0. The van der Waals surface area contributed by atoms with E-state index in [0.29, 0.717) is 6.42 Å². The normalized spacial score (nSPS) is 23.6. The molecule has 4 rings (SSSR count). The lowest BCUT2D eigenvalue weighted by Crippen LogP contribution is -2.47. The van der Waals surface area contributed by atoms with Gasteiger partial charge in [-0.25, -0.2) is 0 Å². The van der Waals surface area contributed by atoms with Crippen LogP contribution >= 0.6 is 11.3 Å². The van der Waals surface area contributed by atoms with Crippen LogP contribution in [0.3, 0.4) is 0 Å². The van der Waals surface area contributed by atoms with Crippen LogP contribution in [0, 0.1) is 6.92 Å². The molecule has 1 fully saturated rings.